The van der Waals surface area contributed by atoms with Gasteiger partial charge in [0.1, 0.15) is 11.7 Å². The van der Waals surface area contributed by atoms with Gasteiger partial charge in [-0.25, -0.2) is 0 Å². The van der Waals surface area contributed by atoms with Gasteiger partial charge in [-0.15, -0.1) is 0 Å². The van der Waals surface area contributed by atoms with Crippen LogP contribution in [0.3, 0.4) is 0 Å². The van der Waals surface area contributed by atoms with E-state index in [1.165, 1.54) is 24.0 Å². The molecule has 2 aliphatic heterocycles. The van der Waals surface area contributed by atoms with Gasteiger partial charge in [-0.05, 0) is 81.0 Å². The topological polar surface area (TPSA) is 79.2 Å². The van der Waals surface area contributed by atoms with Crippen LogP contribution in [0.25, 0.3) is 0 Å². The van der Waals surface area contributed by atoms with Gasteiger partial charge in [-0.3, -0.25) is 9.69 Å². The summed E-state index contributed by atoms with van der Waals surface area (Å²) in [6.07, 6.45) is 6.05. The number of phenols is 1. The summed E-state index contributed by atoms with van der Waals surface area (Å²) in [5, 5.41) is 21.9. The van der Waals surface area contributed by atoms with Crippen LogP contribution in [-0.4, -0.2) is 58.0 Å². The predicted molar refractivity (Wildman–Crippen MR) is 134 cm³/mol. The van der Waals surface area contributed by atoms with Crippen LogP contribution in [0.2, 0.25) is 0 Å². The van der Waals surface area contributed by atoms with E-state index in [9.17, 15) is 15.0 Å². The predicted octanol–water partition coefficient (Wildman–Crippen LogP) is 3.89. The van der Waals surface area contributed by atoms with Crippen molar-refractivity contribution in [2.24, 2.45) is 5.92 Å². The molecule has 2 bridgehead atoms. The lowest BCUT2D eigenvalue weighted by atomic mass is 9.48. The van der Waals surface area contributed by atoms with E-state index < -0.39 is 23.2 Å². The summed E-state index contributed by atoms with van der Waals surface area (Å²) in [4.78, 5) is 16.1. The Labute approximate surface area is 212 Å². The highest BCUT2D eigenvalue weighted by Gasteiger charge is 2.75. The molecule has 0 aromatic heterocycles. The molecule has 2 heterocycles. The average Bonchev–Trinajstić information content (AvgIpc) is 3.62. The number of aliphatic hydroxyl groups excluding tert-OH is 1. The van der Waals surface area contributed by atoms with Crippen molar-refractivity contribution >= 4 is 5.97 Å². The molecule has 190 valence electrons. The van der Waals surface area contributed by atoms with Gasteiger partial charge in [0.25, 0.3) is 0 Å². The Bertz CT molecular complexity index is 1180. The normalized spacial score (nSPS) is 34.1. The van der Waals surface area contributed by atoms with E-state index in [0.29, 0.717) is 25.0 Å². The molecule has 3 fully saturated rings. The van der Waals surface area contributed by atoms with Crippen LogP contribution >= 0.6 is 0 Å². The lowest BCUT2D eigenvalue weighted by molar-refractivity contribution is -0.230. The highest BCUT2D eigenvalue weighted by atomic mass is 16.6. The maximum absolute atomic E-state index is 13.5. The van der Waals surface area contributed by atoms with Crippen LogP contribution in [0.4, 0.5) is 0 Å². The molecule has 0 radical (unpaired) electrons. The largest absolute Gasteiger partial charge is 0.504 e. The SMILES string of the molecule is O=C(CCCc1ccccc1)O[C@@]12CCC(O)[C@@H]3Oc4c(O)ccc5c4C31CCN(CC1CC1)C2C5. The zero-order valence-corrected chi connectivity index (χ0v) is 20.7. The number of esters is 1. The fourth-order valence-corrected chi connectivity index (χ4v) is 7.97. The van der Waals surface area contributed by atoms with Gasteiger partial charge in [0, 0.05) is 18.5 Å². The lowest BCUT2D eigenvalue weighted by Gasteiger charge is -2.64. The standard InChI is InChI=1S/C30H35NO5/c32-22-12-11-21-17-24-30(36-25(34)8-4-7-19-5-2-1-3-6-19)14-13-23(33)28-29(30,26(21)27(22)35-28)15-16-31(24)18-20-9-10-20/h1-3,5-6,11-12,20,23-24,28,32-33H,4,7-10,13-18H2/t23?,24?,28-,29?,30+/m0/s1. The molecule has 2 aromatic rings. The number of ether oxygens (including phenoxy) is 2. The van der Waals surface area contributed by atoms with Gasteiger partial charge in [-0.2, -0.15) is 0 Å². The number of phenolic OH excluding ortho intramolecular Hbond substituents is 1. The Kier molecular flexibility index (Phi) is 5.16. The Morgan fingerprint density at radius 1 is 1.11 bits per heavy atom. The number of aryl methyl sites for hydroxylation is 1. The third-order valence-electron chi connectivity index (χ3n) is 9.68. The molecule has 6 heteroatoms. The molecule has 1 spiro atoms. The summed E-state index contributed by atoms with van der Waals surface area (Å²) in [6, 6.07) is 14.1. The molecule has 3 aliphatic carbocycles. The lowest BCUT2D eigenvalue weighted by Crippen LogP contribution is -2.78. The van der Waals surface area contributed by atoms with E-state index in [1.54, 1.807) is 6.07 Å². The summed E-state index contributed by atoms with van der Waals surface area (Å²) in [7, 11) is 0. The number of aromatic hydroxyl groups is 1. The first-order valence-corrected chi connectivity index (χ1v) is 13.7. The van der Waals surface area contributed by atoms with Crippen molar-refractivity contribution < 1.29 is 24.5 Å². The van der Waals surface area contributed by atoms with E-state index in [2.05, 4.69) is 17.0 Å². The fourth-order valence-electron chi connectivity index (χ4n) is 7.97. The summed E-state index contributed by atoms with van der Waals surface area (Å²) in [5.74, 6) is 1.19. The molecule has 36 heavy (non-hydrogen) atoms. The third-order valence-corrected chi connectivity index (χ3v) is 9.68. The van der Waals surface area contributed by atoms with Crippen LogP contribution < -0.4 is 4.74 Å². The van der Waals surface area contributed by atoms with Gasteiger partial charge in [0.05, 0.1) is 17.6 Å². The second-order valence-electron chi connectivity index (χ2n) is 11.7. The fraction of sp³-hybridized carbons (Fsp3) is 0.567. The van der Waals surface area contributed by atoms with E-state index in [-0.39, 0.29) is 17.8 Å². The molecule has 2 aromatic carbocycles. The molecule has 1 saturated heterocycles. The minimum Gasteiger partial charge on any atom is -0.504 e. The number of hydrogen-bond donors (Lipinski definition) is 2. The molecule has 5 atom stereocenters. The van der Waals surface area contributed by atoms with E-state index >= 15 is 0 Å². The van der Waals surface area contributed by atoms with Crippen molar-refractivity contribution in [3.8, 4) is 11.5 Å². The quantitative estimate of drug-likeness (QED) is 0.575. The number of benzene rings is 2. The Morgan fingerprint density at radius 2 is 1.94 bits per heavy atom. The third kappa shape index (κ3) is 3.20. The minimum absolute atomic E-state index is 0.0616. The zero-order chi connectivity index (χ0) is 24.5. The first kappa shape index (κ1) is 22.6. The van der Waals surface area contributed by atoms with E-state index in [4.69, 9.17) is 9.47 Å². The molecular weight excluding hydrogens is 454 g/mol. The van der Waals surface area contributed by atoms with Crippen LogP contribution in [-0.2, 0) is 27.8 Å². The highest BCUT2D eigenvalue weighted by molar-refractivity contribution is 5.72. The molecule has 7 rings (SSSR count). The number of piperidine rings is 1. The number of nitrogens with zero attached hydrogens (tertiary/aromatic N) is 1. The Morgan fingerprint density at radius 3 is 2.75 bits per heavy atom. The number of likely N-dealkylation sites (tertiary alicyclic amines) is 1. The second kappa shape index (κ2) is 8.22. The summed E-state index contributed by atoms with van der Waals surface area (Å²) >= 11 is 0. The maximum Gasteiger partial charge on any atom is 0.306 e. The smallest absolute Gasteiger partial charge is 0.306 e. The molecule has 3 unspecified atom stereocenters. The number of carbonyl (C=O) groups is 1. The average molecular weight is 490 g/mol. The van der Waals surface area contributed by atoms with Gasteiger partial charge >= 0.3 is 5.97 Å². The van der Waals surface area contributed by atoms with Gasteiger partial charge in [0.2, 0.25) is 0 Å². The first-order valence-electron chi connectivity index (χ1n) is 13.7. The summed E-state index contributed by atoms with van der Waals surface area (Å²) in [5.41, 5.74) is 2.02. The first-order chi connectivity index (χ1) is 17.5. The van der Waals surface area contributed by atoms with Crippen molar-refractivity contribution in [3.63, 3.8) is 0 Å². The van der Waals surface area contributed by atoms with Gasteiger partial charge in [0.15, 0.2) is 11.5 Å². The van der Waals surface area contributed by atoms with E-state index in [1.807, 2.05) is 24.3 Å². The highest BCUT2D eigenvalue weighted by Crippen LogP contribution is 2.66. The number of carbonyl (C=O) groups excluding carboxylic acids is 1. The van der Waals surface area contributed by atoms with Crippen LogP contribution in [0, 0.1) is 5.92 Å². The number of aliphatic hydroxyl groups is 1. The van der Waals surface area contributed by atoms with Crippen molar-refractivity contribution in [3.05, 3.63) is 59.2 Å². The van der Waals surface area contributed by atoms with Crippen molar-refractivity contribution in [2.45, 2.75) is 87.1 Å². The van der Waals surface area contributed by atoms with Gasteiger partial charge < -0.3 is 19.7 Å². The molecule has 2 saturated carbocycles. The summed E-state index contributed by atoms with van der Waals surface area (Å²) in [6.45, 7) is 1.94. The maximum atomic E-state index is 13.5. The molecule has 2 N–H and O–H groups in total. The van der Waals surface area contributed by atoms with Crippen molar-refractivity contribution in [1.82, 2.24) is 4.90 Å². The second-order valence-corrected chi connectivity index (χ2v) is 11.7. The molecular formula is C30H35NO5. The monoisotopic (exact) mass is 489 g/mol. The molecule has 0 amide bonds. The Hall–Kier alpha value is -2.57. The summed E-state index contributed by atoms with van der Waals surface area (Å²) < 4.78 is 13.1. The number of hydrogen-bond acceptors (Lipinski definition) is 6. The van der Waals surface area contributed by atoms with Crippen LogP contribution in [0.1, 0.15) is 61.6 Å². The van der Waals surface area contributed by atoms with Gasteiger partial charge in [-0.1, -0.05) is 36.4 Å². The van der Waals surface area contributed by atoms with Crippen LogP contribution in [0.5, 0.6) is 11.5 Å². The zero-order valence-electron chi connectivity index (χ0n) is 20.7. The molecule has 6 nitrogen and oxygen atoms in total. The van der Waals surface area contributed by atoms with Crippen molar-refractivity contribution in [2.75, 3.05) is 13.1 Å². The molecule has 5 aliphatic rings. The Balaban J connectivity index is 1.25. The van der Waals surface area contributed by atoms with E-state index in [0.717, 1.165) is 50.3 Å². The minimum atomic E-state index is -0.750. The van der Waals surface area contributed by atoms with Crippen LogP contribution in [0.15, 0.2) is 42.5 Å². The number of rotatable bonds is 7. The van der Waals surface area contributed by atoms with Crippen molar-refractivity contribution in [1.29, 1.82) is 0 Å².